The lowest BCUT2D eigenvalue weighted by Gasteiger charge is -2.14. The summed E-state index contributed by atoms with van der Waals surface area (Å²) in [5, 5.41) is 2.96. The molecule has 0 aromatic heterocycles. The maximum atomic E-state index is 11.9. The van der Waals surface area contributed by atoms with Crippen molar-refractivity contribution in [1.29, 1.82) is 0 Å². The molecule has 0 aliphatic rings. The fourth-order valence-corrected chi connectivity index (χ4v) is 2.67. The lowest BCUT2D eigenvalue weighted by molar-refractivity contribution is -0.143. The molecule has 0 radical (unpaired) electrons. The van der Waals surface area contributed by atoms with E-state index in [1.807, 2.05) is 37.3 Å². The van der Waals surface area contributed by atoms with Crippen LogP contribution in [0.3, 0.4) is 0 Å². The van der Waals surface area contributed by atoms with Crippen molar-refractivity contribution in [3.63, 3.8) is 0 Å². The first kappa shape index (κ1) is 21.2. The zero-order valence-corrected chi connectivity index (χ0v) is 15.8. The van der Waals surface area contributed by atoms with Gasteiger partial charge in [-0.25, -0.2) is 0 Å². The van der Waals surface area contributed by atoms with E-state index < -0.39 is 0 Å². The van der Waals surface area contributed by atoms with Crippen LogP contribution in [0.5, 0.6) is 0 Å². The molecule has 1 unspecified atom stereocenters. The lowest BCUT2D eigenvalue weighted by atomic mass is 10.1. The van der Waals surface area contributed by atoms with Gasteiger partial charge in [0.05, 0.1) is 12.6 Å². The quantitative estimate of drug-likeness (QED) is 0.406. The van der Waals surface area contributed by atoms with Crippen LogP contribution < -0.4 is 5.32 Å². The molecule has 140 valence electrons. The Morgan fingerprint density at radius 1 is 0.960 bits per heavy atom. The monoisotopic (exact) mass is 347 g/mol. The highest BCUT2D eigenvalue weighted by Crippen LogP contribution is 2.11. The average Bonchev–Trinajstić information content (AvgIpc) is 2.61. The highest BCUT2D eigenvalue weighted by Gasteiger charge is 2.10. The molecule has 4 heteroatoms. The third-order valence-electron chi connectivity index (χ3n) is 4.22. The van der Waals surface area contributed by atoms with Crippen LogP contribution in [0.2, 0.25) is 0 Å². The Morgan fingerprint density at radius 2 is 1.64 bits per heavy atom. The first-order valence-electron chi connectivity index (χ1n) is 9.63. The van der Waals surface area contributed by atoms with E-state index in [1.54, 1.807) is 0 Å². The summed E-state index contributed by atoms with van der Waals surface area (Å²) in [5.74, 6) is -0.224. The van der Waals surface area contributed by atoms with Crippen molar-refractivity contribution in [2.24, 2.45) is 0 Å². The van der Waals surface area contributed by atoms with E-state index in [0.717, 1.165) is 18.4 Å². The maximum absolute atomic E-state index is 11.9. The Bertz CT molecular complexity index is 487. The van der Waals surface area contributed by atoms with Gasteiger partial charge in [-0.05, 0) is 25.3 Å². The molecule has 1 aromatic carbocycles. The van der Waals surface area contributed by atoms with Crippen LogP contribution in [0.4, 0.5) is 0 Å². The number of carbonyl (C=O) groups is 2. The molecule has 0 bridgehead atoms. The van der Waals surface area contributed by atoms with E-state index >= 15 is 0 Å². The Hall–Kier alpha value is -1.84. The maximum Gasteiger partial charge on any atom is 0.305 e. The van der Waals surface area contributed by atoms with Crippen LogP contribution in [0.25, 0.3) is 0 Å². The molecule has 0 spiro atoms. The molecule has 0 aliphatic heterocycles. The van der Waals surface area contributed by atoms with Crippen molar-refractivity contribution < 1.29 is 14.3 Å². The first-order valence-corrected chi connectivity index (χ1v) is 9.63. The van der Waals surface area contributed by atoms with E-state index in [1.165, 1.54) is 25.7 Å². The van der Waals surface area contributed by atoms with Gasteiger partial charge >= 0.3 is 5.97 Å². The number of rotatable bonds is 13. The molecule has 0 aliphatic carbocycles. The third kappa shape index (κ3) is 10.6. The fourth-order valence-electron chi connectivity index (χ4n) is 2.67. The number of unbranched alkanes of at least 4 members (excludes halogenated alkanes) is 5. The van der Waals surface area contributed by atoms with Crippen molar-refractivity contribution >= 4 is 11.9 Å². The molecule has 0 saturated carbocycles. The zero-order valence-electron chi connectivity index (χ0n) is 15.8. The molecule has 25 heavy (non-hydrogen) atoms. The summed E-state index contributed by atoms with van der Waals surface area (Å²) in [6, 6.07) is 9.83. The molecule has 1 N–H and O–H groups in total. The van der Waals surface area contributed by atoms with Gasteiger partial charge in [0.1, 0.15) is 0 Å². The Labute approximate surface area is 152 Å². The molecule has 1 atom stereocenters. The third-order valence-corrected chi connectivity index (χ3v) is 4.22. The topological polar surface area (TPSA) is 55.4 Å². The van der Waals surface area contributed by atoms with Crippen LogP contribution in [0.15, 0.2) is 30.3 Å². The van der Waals surface area contributed by atoms with Gasteiger partial charge in [-0.2, -0.15) is 0 Å². The summed E-state index contributed by atoms with van der Waals surface area (Å²) in [7, 11) is 0. The minimum absolute atomic E-state index is 0.0200. The van der Waals surface area contributed by atoms with Gasteiger partial charge in [0.2, 0.25) is 5.91 Å². The van der Waals surface area contributed by atoms with Gasteiger partial charge in [-0.1, -0.05) is 69.4 Å². The van der Waals surface area contributed by atoms with Gasteiger partial charge < -0.3 is 10.1 Å². The van der Waals surface area contributed by atoms with E-state index in [4.69, 9.17) is 4.74 Å². The van der Waals surface area contributed by atoms with Gasteiger partial charge in [-0.15, -0.1) is 0 Å². The number of hydrogen-bond donors (Lipinski definition) is 1. The number of hydrogen-bond acceptors (Lipinski definition) is 3. The van der Waals surface area contributed by atoms with Crippen molar-refractivity contribution in [3.05, 3.63) is 35.9 Å². The summed E-state index contributed by atoms with van der Waals surface area (Å²) < 4.78 is 5.21. The van der Waals surface area contributed by atoms with Crippen LogP contribution >= 0.6 is 0 Å². The Kier molecular flexibility index (Phi) is 11.4. The molecule has 0 heterocycles. The SMILES string of the molecule is CCCCCCCCOC(=O)CCCC(=O)NC(C)c1ccccc1. The summed E-state index contributed by atoms with van der Waals surface area (Å²) in [5.41, 5.74) is 1.08. The normalized spacial score (nSPS) is 11.8. The molecule has 4 nitrogen and oxygen atoms in total. The highest BCUT2D eigenvalue weighted by atomic mass is 16.5. The predicted molar refractivity (Wildman–Crippen MR) is 101 cm³/mol. The summed E-state index contributed by atoms with van der Waals surface area (Å²) in [4.78, 5) is 23.6. The van der Waals surface area contributed by atoms with E-state index in [0.29, 0.717) is 25.9 Å². The number of benzene rings is 1. The lowest BCUT2D eigenvalue weighted by Crippen LogP contribution is -2.26. The second kappa shape index (κ2) is 13.5. The van der Waals surface area contributed by atoms with Gasteiger partial charge in [-0.3, -0.25) is 9.59 Å². The smallest absolute Gasteiger partial charge is 0.305 e. The zero-order chi connectivity index (χ0) is 18.3. The second-order valence-electron chi connectivity index (χ2n) is 6.54. The molecular weight excluding hydrogens is 314 g/mol. The van der Waals surface area contributed by atoms with Crippen molar-refractivity contribution in [1.82, 2.24) is 5.32 Å². The van der Waals surface area contributed by atoms with Crippen molar-refractivity contribution in [2.75, 3.05) is 6.61 Å². The molecular formula is C21H33NO3. The number of carbonyl (C=O) groups excluding carboxylic acids is 2. The number of esters is 1. The standard InChI is InChI=1S/C21H33NO3/c1-3-4-5-6-7-11-17-25-21(24)16-12-15-20(23)22-18(2)19-13-9-8-10-14-19/h8-10,13-14,18H,3-7,11-12,15-17H2,1-2H3,(H,22,23). The van der Waals surface area contributed by atoms with Gasteiger partial charge in [0.15, 0.2) is 0 Å². The van der Waals surface area contributed by atoms with Gasteiger partial charge in [0, 0.05) is 12.8 Å². The minimum atomic E-state index is -0.197. The summed E-state index contributed by atoms with van der Waals surface area (Å²) in [6.07, 6.45) is 8.25. The minimum Gasteiger partial charge on any atom is -0.466 e. The number of ether oxygens (including phenoxy) is 1. The summed E-state index contributed by atoms with van der Waals surface area (Å²) >= 11 is 0. The van der Waals surface area contributed by atoms with Gasteiger partial charge in [0.25, 0.3) is 0 Å². The number of amides is 1. The van der Waals surface area contributed by atoms with Crippen LogP contribution in [-0.4, -0.2) is 18.5 Å². The van der Waals surface area contributed by atoms with Crippen LogP contribution in [0, 0.1) is 0 Å². The Morgan fingerprint density at radius 3 is 2.36 bits per heavy atom. The highest BCUT2D eigenvalue weighted by molar-refractivity contribution is 5.77. The molecule has 1 rings (SSSR count). The van der Waals surface area contributed by atoms with E-state index in [9.17, 15) is 9.59 Å². The van der Waals surface area contributed by atoms with E-state index in [-0.39, 0.29) is 17.9 Å². The molecule has 1 amide bonds. The predicted octanol–water partition coefficient (Wildman–Crippen LogP) is 4.94. The Balaban J connectivity index is 2.04. The average molecular weight is 347 g/mol. The van der Waals surface area contributed by atoms with Crippen molar-refractivity contribution in [2.45, 2.75) is 77.7 Å². The van der Waals surface area contributed by atoms with Crippen molar-refractivity contribution in [3.8, 4) is 0 Å². The second-order valence-corrected chi connectivity index (χ2v) is 6.54. The summed E-state index contributed by atoms with van der Waals surface area (Å²) in [6.45, 7) is 4.66. The van der Waals surface area contributed by atoms with Crippen LogP contribution in [-0.2, 0) is 14.3 Å². The molecule has 0 saturated heterocycles. The molecule has 1 aromatic rings. The van der Waals surface area contributed by atoms with Crippen LogP contribution in [0.1, 0.15) is 83.2 Å². The first-order chi connectivity index (χ1) is 12.1. The largest absolute Gasteiger partial charge is 0.466 e. The molecule has 0 fully saturated rings. The van der Waals surface area contributed by atoms with E-state index in [2.05, 4.69) is 12.2 Å². The number of nitrogens with one attached hydrogen (secondary N) is 1. The fraction of sp³-hybridized carbons (Fsp3) is 0.619.